The Kier molecular flexibility index (Phi) is 3.54. The molecule has 1 saturated carbocycles. The lowest BCUT2D eigenvalue weighted by molar-refractivity contribution is 0.202. The van der Waals surface area contributed by atoms with Gasteiger partial charge in [-0.05, 0) is 25.3 Å². The van der Waals surface area contributed by atoms with Crippen molar-refractivity contribution in [2.75, 3.05) is 20.1 Å². The van der Waals surface area contributed by atoms with Crippen LogP contribution in [0.4, 0.5) is 4.79 Å². The Hall–Kier alpha value is -0.770. The molecule has 76 valence electrons. The topological polar surface area (TPSA) is 58.4 Å². The van der Waals surface area contributed by atoms with Gasteiger partial charge in [-0.1, -0.05) is 6.92 Å². The number of nitrogens with two attached hydrogens (primary N) is 1. The van der Waals surface area contributed by atoms with Gasteiger partial charge < -0.3 is 16.0 Å². The summed E-state index contributed by atoms with van der Waals surface area (Å²) in [5.41, 5.74) is 5.48. The number of nitrogens with zero attached hydrogens (tertiary/aromatic N) is 1. The highest BCUT2D eigenvalue weighted by molar-refractivity contribution is 5.74. The fourth-order valence-electron chi connectivity index (χ4n) is 1.14. The predicted octanol–water partition coefficient (Wildman–Crippen LogP) is 0.385. The van der Waals surface area contributed by atoms with Gasteiger partial charge in [0.25, 0.3) is 0 Å². The van der Waals surface area contributed by atoms with Crippen molar-refractivity contribution in [2.45, 2.75) is 25.8 Å². The largest absolute Gasteiger partial charge is 0.335 e. The van der Waals surface area contributed by atoms with E-state index in [-0.39, 0.29) is 6.03 Å². The average molecular weight is 185 g/mol. The van der Waals surface area contributed by atoms with Gasteiger partial charge in [0.05, 0.1) is 0 Å². The van der Waals surface area contributed by atoms with Crippen molar-refractivity contribution in [3.8, 4) is 0 Å². The van der Waals surface area contributed by atoms with Crippen LogP contribution in [0.3, 0.4) is 0 Å². The monoisotopic (exact) mass is 185 g/mol. The minimum absolute atomic E-state index is 0.0304. The van der Waals surface area contributed by atoms with Gasteiger partial charge in [-0.25, -0.2) is 4.79 Å². The van der Waals surface area contributed by atoms with Gasteiger partial charge in [0, 0.05) is 19.6 Å². The maximum atomic E-state index is 11.4. The van der Waals surface area contributed by atoms with E-state index in [1.54, 1.807) is 4.90 Å². The number of hydrogen-bond donors (Lipinski definition) is 2. The second kappa shape index (κ2) is 4.46. The van der Waals surface area contributed by atoms with Gasteiger partial charge in [-0.15, -0.1) is 0 Å². The Morgan fingerprint density at radius 1 is 1.69 bits per heavy atom. The minimum atomic E-state index is 0.0304. The summed E-state index contributed by atoms with van der Waals surface area (Å²) >= 11 is 0. The summed E-state index contributed by atoms with van der Waals surface area (Å²) in [4.78, 5) is 13.1. The number of urea groups is 1. The van der Waals surface area contributed by atoms with E-state index in [9.17, 15) is 4.79 Å². The molecular formula is C9H19N3O. The summed E-state index contributed by atoms with van der Waals surface area (Å²) in [6, 6.07) is 0.464. The highest BCUT2D eigenvalue weighted by atomic mass is 16.2. The van der Waals surface area contributed by atoms with Crippen molar-refractivity contribution >= 4 is 6.03 Å². The Labute approximate surface area is 79.5 Å². The SMILES string of the molecule is CC(CN)CN(C)C(=O)NC1CC1. The third kappa shape index (κ3) is 3.63. The van der Waals surface area contributed by atoms with E-state index < -0.39 is 0 Å². The van der Waals surface area contributed by atoms with Crippen molar-refractivity contribution in [3.63, 3.8) is 0 Å². The highest BCUT2D eigenvalue weighted by Crippen LogP contribution is 2.18. The van der Waals surface area contributed by atoms with Crippen LogP contribution in [-0.2, 0) is 0 Å². The molecule has 13 heavy (non-hydrogen) atoms. The number of hydrogen-bond acceptors (Lipinski definition) is 2. The summed E-state index contributed by atoms with van der Waals surface area (Å²) < 4.78 is 0. The number of carbonyl (C=O) groups excluding carboxylic acids is 1. The number of amides is 2. The molecule has 4 nitrogen and oxygen atoms in total. The number of carbonyl (C=O) groups is 1. The Balaban J connectivity index is 2.19. The molecule has 0 radical (unpaired) electrons. The van der Waals surface area contributed by atoms with Gasteiger partial charge >= 0.3 is 6.03 Å². The lowest BCUT2D eigenvalue weighted by atomic mass is 10.2. The molecule has 1 fully saturated rings. The first-order chi connectivity index (χ1) is 6.13. The molecule has 0 aromatic carbocycles. The van der Waals surface area contributed by atoms with E-state index in [2.05, 4.69) is 5.32 Å². The zero-order valence-electron chi connectivity index (χ0n) is 8.42. The van der Waals surface area contributed by atoms with E-state index in [1.165, 1.54) is 0 Å². The smallest absolute Gasteiger partial charge is 0.317 e. The maximum Gasteiger partial charge on any atom is 0.317 e. The van der Waals surface area contributed by atoms with E-state index in [0.29, 0.717) is 18.5 Å². The molecule has 2 amide bonds. The average Bonchev–Trinajstić information content (AvgIpc) is 2.87. The van der Waals surface area contributed by atoms with Gasteiger partial charge in [-0.3, -0.25) is 0 Å². The van der Waals surface area contributed by atoms with E-state index in [1.807, 2.05) is 14.0 Å². The molecule has 1 atom stereocenters. The van der Waals surface area contributed by atoms with E-state index >= 15 is 0 Å². The maximum absolute atomic E-state index is 11.4. The second-order valence-electron chi connectivity index (χ2n) is 3.95. The van der Waals surface area contributed by atoms with Crippen molar-refractivity contribution in [1.82, 2.24) is 10.2 Å². The van der Waals surface area contributed by atoms with Crippen LogP contribution in [0.25, 0.3) is 0 Å². The van der Waals surface area contributed by atoms with Crippen LogP contribution in [0.2, 0.25) is 0 Å². The molecule has 1 aliphatic rings. The van der Waals surface area contributed by atoms with Crippen molar-refractivity contribution in [2.24, 2.45) is 11.7 Å². The fraction of sp³-hybridized carbons (Fsp3) is 0.889. The minimum Gasteiger partial charge on any atom is -0.335 e. The molecule has 0 heterocycles. The number of rotatable bonds is 4. The summed E-state index contributed by atoms with van der Waals surface area (Å²) in [6.45, 7) is 3.40. The molecule has 1 rings (SSSR count). The van der Waals surface area contributed by atoms with Crippen LogP contribution in [-0.4, -0.2) is 37.1 Å². The van der Waals surface area contributed by atoms with Crippen LogP contribution >= 0.6 is 0 Å². The third-order valence-electron chi connectivity index (χ3n) is 2.24. The number of nitrogens with one attached hydrogen (secondary N) is 1. The molecule has 1 unspecified atom stereocenters. The molecule has 0 aromatic heterocycles. The first-order valence-electron chi connectivity index (χ1n) is 4.85. The lowest BCUT2D eigenvalue weighted by Crippen LogP contribution is -2.41. The van der Waals surface area contributed by atoms with Crippen molar-refractivity contribution < 1.29 is 4.79 Å². The Morgan fingerprint density at radius 2 is 2.31 bits per heavy atom. The second-order valence-corrected chi connectivity index (χ2v) is 3.95. The molecule has 0 saturated heterocycles. The third-order valence-corrected chi connectivity index (χ3v) is 2.24. The Bertz CT molecular complexity index is 180. The zero-order valence-corrected chi connectivity index (χ0v) is 8.42. The molecule has 1 aliphatic carbocycles. The standard InChI is InChI=1S/C9H19N3O/c1-7(5-10)6-12(2)9(13)11-8-3-4-8/h7-8H,3-6,10H2,1-2H3,(H,11,13). The Morgan fingerprint density at radius 3 is 2.77 bits per heavy atom. The van der Waals surface area contributed by atoms with Gasteiger partial charge in [0.1, 0.15) is 0 Å². The first kappa shape index (κ1) is 10.3. The quantitative estimate of drug-likeness (QED) is 0.665. The van der Waals surface area contributed by atoms with Gasteiger partial charge in [-0.2, -0.15) is 0 Å². The lowest BCUT2D eigenvalue weighted by Gasteiger charge is -2.20. The van der Waals surface area contributed by atoms with Gasteiger partial charge in [0.15, 0.2) is 0 Å². The van der Waals surface area contributed by atoms with Crippen LogP contribution < -0.4 is 11.1 Å². The summed E-state index contributed by atoms with van der Waals surface area (Å²) in [5, 5.41) is 2.93. The normalized spacial score (nSPS) is 18.1. The molecule has 0 spiro atoms. The zero-order chi connectivity index (χ0) is 9.84. The van der Waals surface area contributed by atoms with Gasteiger partial charge in [0.2, 0.25) is 0 Å². The van der Waals surface area contributed by atoms with Crippen LogP contribution in [0, 0.1) is 5.92 Å². The van der Waals surface area contributed by atoms with E-state index in [4.69, 9.17) is 5.73 Å². The molecule has 0 aromatic rings. The van der Waals surface area contributed by atoms with Crippen molar-refractivity contribution in [3.05, 3.63) is 0 Å². The summed E-state index contributed by atoms with van der Waals surface area (Å²) in [6.07, 6.45) is 2.26. The highest BCUT2D eigenvalue weighted by Gasteiger charge is 2.24. The predicted molar refractivity (Wildman–Crippen MR) is 52.4 cm³/mol. The summed E-state index contributed by atoms with van der Waals surface area (Å²) in [5.74, 6) is 0.370. The summed E-state index contributed by atoms with van der Waals surface area (Å²) in [7, 11) is 1.81. The molecule has 0 bridgehead atoms. The molecular weight excluding hydrogens is 166 g/mol. The molecule has 0 aliphatic heterocycles. The van der Waals surface area contributed by atoms with Crippen LogP contribution in [0.5, 0.6) is 0 Å². The molecule has 4 heteroatoms. The van der Waals surface area contributed by atoms with Crippen LogP contribution in [0.1, 0.15) is 19.8 Å². The first-order valence-corrected chi connectivity index (χ1v) is 4.85. The van der Waals surface area contributed by atoms with Crippen molar-refractivity contribution in [1.29, 1.82) is 0 Å². The molecule has 3 N–H and O–H groups in total. The van der Waals surface area contributed by atoms with E-state index in [0.717, 1.165) is 19.4 Å². The fourth-order valence-corrected chi connectivity index (χ4v) is 1.14. The van der Waals surface area contributed by atoms with Crippen LogP contribution in [0.15, 0.2) is 0 Å².